The van der Waals surface area contributed by atoms with Crippen molar-refractivity contribution in [1.82, 2.24) is 14.8 Å². The first-order valence-electron chi connectivity index (χ1n) is 9.02. The lowest BCUT2D eigenvalue weighted by Crippen LogP contribution is -2.28. The van der Waals surface area contributed by atoms with Crippen LogP contribution in [-0.4, -0.2) is 32.4 Å². The summed E-state index contributed by atoms with van der Waals surface area (Å²) in [6.07, 6.45) is 6.55. The molecule has 1 aliphatic rings. The Morgan fingerprint density at radius 3 is 2.78 bits per heavy atom. The summed E-state index contributed by atoms with van der Waals surface area (Å²) in [4.78, 5) is 8.85. The Bertz CT molecular complexity index is 954. The van der Waals surface area contributed by atoms with Crippen molar-refractivity contribution in [2.24, 2.45) is 16.6 Å². The smallest absolute Gasteiger partial charge is 0.148 e. The Balaban J connectivity index is 1.91. The lowest BCUT2D eigenvalue weighted by Gasteiger charge is -2.09. The summed E-state index contributed by atoms with van der Waals surface area (Å²) >= 11 is 0. The maximum Gasteiger partial charge on any atom is 0.148 e. The Kier molecular flexibility index (Phi) is 5.30. The maximum absolute atomic E-state index is 7.90. The van der Waals surface area contributed by atoms with Crippen molar-refractivity contribution in [2.75, 3.05) is 0 Å². The van der Waals surface area contributed by atoms with E-state index in [1.807, 2.05) is 32.2 Å². The van der Waals surface area contributed by atoms with E-state index in [0.717, 1.165) is 12.1 Å². The highest BCUT2D eigenvalue weighted by Crippen LogP contribution is 2.50. The fourth-order valence-corrected chi connectivity index (χ4v) is 3.06. The van der Waals surface area contributed by atoms with Gasteiger partial charge >= 0.3 is 0 Å². The molecular weight excluding hydrogens is 338 g/mol. The van der Waals surface area contributed by atoms with E-state index in [-0.39, 0.29) is 23.3 Å². The van der Waals surface area contributed by atoms with Crippen LogP contribution in [0.1, 0.15) is 44.4 Å². The van der Waals surface area contributed by atoms with Gasteiger partial charge in [0, 0.05) is 30.1 Å². The summed E-state index contributed by atoms with van der Waals surface area (Å²) in [5.41, 5.74) is 9.81. The SMILES string of the molecule is CC(=N)n1nc(C(/C=C(\N)C2CC2c2cccnc2)=NC(C)C)ccc1=N. The van der Waals surface area contributed by atoms with E-state index in [1.165, 1.54) is 10.2 Å². The molecule has 1 aliphatic carbocycles. The lowest BCUT2D eigenvalue weighted by molar-refractivity contribution is 0.793. The van der Waals surface area contributed by atoms with Crippen LogP contribution >= 0.6 is 0 Å². The van der Waals surface area contributed by atoms with E-state index in [1.54, 1.807) is 25.3 Å². The normalized spacial score (nSPS) is 20.0. The second-order valence-electron chi connectivity index (χ2n) is 7.09. The van der Waals surface area contributed by atoms with Gasteiger partial charge in [0.15, 0.2) is 0 Å². The number of allylic oxidation sites excluding steroid dienone is 2. The van der Waals surface area contributed by atoms with Crippen LogP contribution in [0, 0.1) is 16.7 Å². The predicted molar refractivity (Wildman–Crippen MR) is 106 cm³/mol. The number of nitrogens with two attached hydrogens (primary N) is 1. The third-order valence-corrected chi connectivity index (χ3v) is 4.45. The van der Waals surface area contributed by atoms with E-state index >= 15 is 0 Å². The summed E-state index contributed by atoms with van der Waals surface area (Å²) in [5, 5.41) is 20.1. The molecule has 0 amide bonds. The van der Waals surface area contributed by atoms with E-state index in [2.05, 4.69) is 21.1 Å². The average molecular weight is 363 g/mol. The zero-order valence-corrected chi connectivity index (χ0v) is 15.8. The van der Waals surface area contributed by atoms with Crippen LogP contribution in [0.4, 0.5) is 0 Å². The Labute approximate surface area is 158 Å². The van der Waals surface area contributed by atoms with Gasteiger partial charge in [-0.2, -0.15) is 5.10 Å². The Hall–Kier alpha value is -3.09. The molecule has 27 heavy (non-hydrogen) atoms. The molecule has 2 atom stereocenters. The summed E-state index contributed by atoms with van der Waals surface area (Å²) in [6.45, 7) is 5.59. The van der Waals surface area contributed by atoms with Crippen molar-refractivity contribution < 1.29 is 0 Å². The van der Waals surface area contributed by atoms with Crippen LogP contribution in [-0.2, 0) is 0 Å². The van der Waals surface area contributed by atoms with E-state index in [9.17, 15) is 0 Å². The van der Waals surface area contributed by atoms with Crippen LogP contribution in [0.5, 0.6) is 0 Å². The third-order valence-electron chi connectivity index (χ3n) is 4.45. The minimum absolute atomic E-state index is 0.0735. The second kappa shape index (κ2) is 7.65. The molecule has 3 rings (SSSR count). The van der Waals surface area contributed by atoms with Crippen molar-refractivity contribution in [3.63, 3.8) is 0 Å². The molecule has 1 saturated carbocycles. The highest BCUT2D eigenvalue weighted by atomic mass is 15.3. The van der Waals surface area contributed by atoms with Gasteiger partial charge in [0.05, 0.1) is 5.71 Å². The molecule has 2 unspecified atom stereocenters. The summed E-state index contributed by atoms with van der Waals surface area (Å²) in [7, 11) is 0. The van der Waals surface area contributed by atoms with Gasteiger partial charge in [-0.05, 0) is 62.9 Å². The van der Waals surface area contributed by atoms with Gasteiger partial charge in [-0.25, -0.2) is 4.68 Å². The molecule has 0 aliphatic heterocycles. The molecule has 0 saturated heterocycles. The number of hydrogen-bond donors (Lipinski definition) is 3. The molecule has 2 aromatic heterocycles. The minimum Gasteiger partial charge on any atom is -0.402 e. The molecule has 0 radical (unpaired) electrons. The fourth-order valence-electron chi connectivity index (χ4n) is 3.06. The number of rotatable bonds is 5. The second-order valence-corrected chi connectivity index (χ2v) is 7.09. The Morgan fingerprint density at radius 1 is 1.37 bits per heavy atom. The number of hydrogen-bond acceptors (Lipinski definition) is 6. The summed E-state index contributed by atoms with van der Waals surface area (Å²) in [5.74, 6) is 0.854. The topological polar surface area (TPSA) is 117 Å². The number of pyridine rings is 1. The molecule has 0 spiro atoms. The molecule has 0 aromatic carbocycles. The highest BCUT2D eigenvalue weighted by Gasteiger charge is 2.40. The minimum atomic E-state index is 0.0735. The van der Waals surface area contributed by atoms with Crippen molar-refractivity contribution in [3.05, 3.63) is 65.2 Å². The monoisotopic (exact) mass is 363 g/mol. The van der Waals surface area contributed by atoms with Crippen LogP contribution in [0.2, 0.25) is 0 Å². The Morgan fingerprint density at radius 2 is 2.15 bits per heavy atom. The van der Waals surface area contributed by atoms with Gasteiger partial charge < -0.3 is 5.73 Å². The van der Waals surface area contributed by atoms with Crippen molar-refractivity contribution in [2.45, 2.75) is 39.2 Å². The first-order chi connectivity index (χ1) is 12.9. The highest BCUT2D eigenvalue weighted by molar-refractivity contribution is 6.07. The molecule has 0 bridgehead atoms. The molecule has 1 fully saturated rings. The van der Waals surface area contributed by atoms with Crippen molar-refractivity contribution in [1.29, 1.82) is 10.8 Å². The average Bonchev–Trinajstić information content (AvgIpc) is 3.42. The lowest BCUT2D eigenvalue weighted by atomic mass is 10.1. The summed E-state index contributed by atoms with van der Waals surface area (Å²) in [6, 6.07) is 7.47. The molecule has 7 heteroatoms. The zero-order chi connectivity index (χ0) is 19.6. The number of nitrogens with one attached hydrogen (secondary N) is 2. The summed E-state index contributed by atoms with van der Waals surface area (Å²) < 4.78 is 1.28. The van der Waals surface area contributed by atoms with E-state index < -0.39 is 0 Å². The quantitative estimate of drug-likeness (QED) is 0.559. The van der Waals surface area contributed by atoms with E-state index in [4.69, 9.17) is 16.6 Å². The zero-order valence-electron chi connectivity index (χ0n) is 15.8. The fraction of sp³-hybridized carbons (Fsp3) is 0.350. The first kappa shape index (κ1) is 18.7. The van der Waals surface area contributed by atoms with Gasteiger partial charge in [-0.15, -0.1) is 0 Å². The van der Waals surface area contributed by atoms with Gasteiger partial charge in [-0.1, -0.05) is 6.07 Å². The molecule has 140 valence electrons. The molecule has 7 nitrogen and oxygen atoms in total. The van der Waals surface area contributed by atoms with Crippen LogP contribution in [0.3, 0.4) is 0 Å². The first-order valence-corrected chi connectivity index (χ1v) is 9.02. The maximum atomic E-state index is 7.90. The van der Waals surface area contributed by atoms with Crippen LogP contribution in [0.15, 0.2) is 53.4 Å². The standard InChI is InChI=1S/C20H25N7/c1-12(2)25-19(18-6-7-20(23)27(26-18)13(3)21)10-17(22)16-9-15(16)14-5-4-8-24-11-14/h4-8,10-12,15-16,21,23H,9,22H2,1-3H3/b17-10-,21-13?,23-20?,25-19?. The molecule has 4 N–H and O–H groups in total. The largest absolute Gasteiger partial charge is 0.402 e. The third kappa shape index (κ3) is 4.36. The number of aliphatic imine (C=N–C) groups is 1. The number of nitrogens with zero attached hydrogens (tertiary/aromatic N) is 4. The van der Waals surface area contributed by atoms with Crippen molar-refractivity contribution >= 4 is 11.5 Å². The van der Waals surface area contributed by atoms with Gasteiger partial charge in [0.25, 0.3) is 0 Å². The van der Waals surface area contributed by atoms with E-state index in [0.29, 0.717) is 17.3 Å². The molecular formula is C20H25N7. The van der Waals surface area contributed by atoms with Gasteiger partial charge in [0.1, 0.15) is 17.0 Å². The predicted octanol–water partition coefficient (Wildman–Crippen LogP) is 2.45. The van der Waals surface area contributed by atoms with Gasteiger partial charge in [0.2, 0.25) is 0 Å². The molecule has 2 aromatic rings. The van der Waals surface area contributed by atoms with Crippen LogP contribution in [0.25, 0.3) is 0 Å². The number of aromatic nitrogens is 3. The van der Waals surface area contributed by atoms with Crippen LogP contribution < -0.4 is 11.2 Å². The van der Waals surface area contributed by atoms with Crippen molar-refractivity contribution in [3.8, 4) is 0 Å². The van der Waals surface area contributed by atoms with Gasteiger partial charge in [-0.3, -0.25) is 20.8 Å². The molecule has 2 heterocycles.